The second-order valence-electron chi connectivity index (χ2n) is 9.39. The van der Waals surface area contributed by atoms with Crippen molar-refractivity contribution in [3.63, 3.8) is 0 Å². The lowest BCUT2D eigenvalue weighted by Gasteiger charge is -2.27. The third kappa shape index (κ3) is 4.34. The van der Waals surface area contributed by atoms with Crippen LogP contribution in [0.25, 0.3) is 10.2 Å². The molecule has 3 N–H and O–H groups in total. The molecule has 1 fully saturated rings. The number of methoxy groups -OCH3 is 1. The van der Waals surface area contributed by atoms with Gasteiger partial charge in [0.2, 0.25) is 11.8 Å². The van der Waals surface area contributed by atoms with E-state index in [9.17, 15) is 28.4 Å². The maximum absolute atomic E-state index is 14.1. The summed E-state index contributed by atoms with van der Waals surface area (Å²) in [5.41, 5.74) is -0.120. The molecule has 1 unspecified atom stereocenters. The highest BCUT2D eigenvalue weighted by molar-refractivity contribution is 7.18. The first-order valence-electron chi connectivity index (χ1n) is 11.6. The molecule has 1 saturated heterocycles. The average Bonchev–Trinajstić information content (AvgIpc) is 3.37. The molecule has 2 aliphatic rings. The molecule has 6 amide bonds. The number of ether oxygens (including phenoxy) is 1. The fraction of sp³-hybridized carbons (Fsp3) is 0.280. The average molecular weight is 540 g/mol. The van der Waals surface area contributed by atoms with E-state index in [4.69, 9.17) is 4.74 Å². The van der Waals surface area contributed by atoms with Gasteiger partial charge < -0.3 is 15.4 Å². The fourth-order valence-corrected chi connectivity index (χ4v) is 5.44. The van der Waals surface area contributed by atoms with Crippen molar-refractivity contribution in [2.24, 2.45) is 0 Å². The quantitative estimate of drug-likeness (QED) is 0.423. The topological polar surface area (TPSA) is 147 Å². The number of urea groups is 1. The number of amides is 6. The van der Waals surface area contributed by atoms with Gasteiger partial charge in [0.25, 0.3) is 11.8 Å². The van der Waals surface area contributed by atoms with Crippen molar-refractivity contribution in [3.8, 4) is 5.75 Å². The fourth-order valence-electron chi connectivity index (χ4n) is 4.40. The van der Waals surface area contributed by atoms with E-state index < -0.39 is 47.1 Å². The summed E-state index contributed by atoms with van der Waals surface area (Å²) >= 11 is 1.28. The number of imide groups is 2. The second kappa shape index (κ2) is 9.17. The number of benzene rings is 2. The predicted octanol–water partition coefficient (Wildman–Crippen LogP) is 2.90. The van der Waals surface area contributed by atoms with Crippen LogP contribution in [0.2, 0.25) is 0 Å². The zero-order valence-corrected chi connectivity index (χ0v) is 21.3. The number of nitrogens with zero attached hydrogens (tertiary/aromatic N) is 2. The van der Waals surface area contributed by atoms with Crippen LogP contribution in [0.15, 0.2) is 30.3 Å². The van der Waals surface area contributed by atoms with Crippen molar-refractivity contribution in [1.29, 1.82) is 0 Å². The Hall–Kier alpha value is -4.39. The van der Waals surface area contributed by atoms with E-state index in [1.165, 1.54) is 42.7 Å². The van der Waals surface area contributed by atoms with E-state index in [2.05, 4.69) is 20.9 Å². The van der Waals surface area contributed by atoms with E-state index in [0.29, 0.717) is 15.2 Å². The van der Waals surface area contributed by atoms with Crippen LogP contribution in [-0.4, -0.2) is 52.7 Å². The zero-order valence-electron chi connectivity index (χ0n) is 20.5. The summed E-state index contributed by atoms with van der Waals surface area (Å²) in [6.45, 7) is 3.47. The van der Waals surface area contributed by atoms with Gasteiger partial charge in [0.1, 0.15) is 11.0 Å². The molecule has 13 heteroatoms. The van der Waals surface area contributed by atoms with Gasteiger partial charge in [0.15, 0.2) is 11.6 Å². The van der Waals surface area contributed by atoms with Crippen molar-refractivity contribution < 1.29 is 33.1 Å². The van der Waals surface area contributed by atoms with Crippen molar-refractivity contribution in [2.45, 2.75) is 38.3 Å². The number of rotatable bonds is 5. The first-order chi connectivity index (χ1) is 18.0. The molecule has 11 nitrogen and oxygen atoms in total. The Balaban J connectivity index is 1.31. The Morgan fingerprint density at radius 1 is 1.16 bits per heavy atom. The van der Waals surface area contributed by atoms with Crippen LogP contribution in [0.1, 0.15) is 52.4 Å². The Labute approximate surface area is 219 Å². The van der Waals surface area contributed by atoms with E-state index in [1.807, 2.05) is 0 Å². The van der Waals surface area contributed by atoms with Gasteiger partial charge in [-0.1, -0.05) is 0 Å². The second-order valence-corrected chi connectivity index (χ2v) is 10.4. The molecule has 196 valence electrons. The third-order valence-corrected chi connectivity index (χ3v) is 7.66. The van der Waals surface area contributed by atoms with Crippen LogP contribution >= 0.6 is 11.3 Å². The minimum Gasteiger partial charge on any atom is -0.494 e. The highest BCUT2D eigenvalue weighted by Gasteiger charge is 2.44. The Morgan fingerprint density at radius 2 is 1.89 bits per heavy atom. The van der Waals surface area contributed by atoms with Crippen molar-refractivity contribution in [2.75, 3.05) is 12.4 Å². The lowest BCUT2D eigenvalue weighted by Crippen LogP contribution is -2.54. The van der Waals surface area contributed by atoms with Gasteiger partial charge in [0.05, 0.1) is 34.0 Å². The van der Waals surface area contributed by atoms with Gasteiger partial charge in [-0.15, -0.1) is 11.3 Å². The van der Waals surface area contributed by atoms with Gasteiger partial charge in [-0.25, -0.2) is 14.2 Å². The molecule has 38 heavy (non-hydrogen) atoms. The number of hydrogen-bond acceptors (Lipinski definition) is 8. The number of carbonyl (C=O) groups is 5. The Bertz CT molecular complexity index is 1550. The lowest BCUT2D eigenvalue weighted by molar-refractivity contribution is -0.136. The minimum atomic E-state index is -1.08. The third-order valence-electron chi connectivity index (χ3n) is 6.32. The SMILES string of the molecule is COc1cc2sc(C(C)(C)NC(=O)Nc3ccc4c(c3)C(=O)N(C3CCC(=O)NC3=O)C4=O)nc2cc1F. The van der Waals surface area contributed by atoms with Crippen LogP contribution in [0.5, 0.6) is 5.75 Å². The molecule has 1 atom stereocenters. The molecule has 0 bridgehead atoms. The number of anilines is 1. The number of thiazole rings is 1. The van der Waals surface area contributed by atoms with Gasteiger partial charge >= 0.3 is 6.03 Å². The van der Waals surface area contributed by atoms with Crippen LogP contribution in [-0.2, 0) is 15.1 Å². The van der Waals surface area contributed by atoms with E-state index in [1.54, 1.807) is 19.9 Å². The summed E-state index contributed by atoms with van der Waals surface area (Å²) < 4.78 is 19.8. The van der Waals surface area contributed by atoms with Crippen molar-refractivity contribution in [3.05, 3.63) is 52.3 Å². The highest BCUT2D eigenvalue weighted by Crippen LogP contribution is 2.34. The van der Waals surface area contributed by atoms with Crippen LogP contribution in [0.3, 0.4) is 0 Å². The number of hydrogen-bond donors (Lipinski definition) is 3. The van der Waals surface area contributed by atoms with E-state index in [0.717, 1.165) is 4.90 Å². The number of carbonyl (C=O) groups excluding carboxylic acids is 5. The molecule has 0 radical (unpaired) electrons. The summed E-state index contributed by atoms with van der Waals surface area (Å²) in [5.74, 6) is -2.92. The maximum atomic E-state index is 14.1. The molecule has 1 aromatic heterocycles. The number of halogens is 1. The van der Waals surface area contributed by atoms with Gasteiger partial charge in [-0.3, -0.25) is 29.4 Å². The highest BCUT2D eigenvalue weighted by atomic mass is 32.1. The van der Waals surface area contributed by atoms with Gasteiger partial charge in [-0.05, 0) is 38.5 Å². The molecule has 2 aliphatic heterocycles. The van der Waals surface area contributed by atoms with Gasteiger partial charge in [0, 0.05) is 24.2 Å². The standard InChI is InChI=1S/C25H22FN5O6S/c1-25(2,23-28-15-9-14(26)17(37-3)10-18(15)38-23)30-24(36)27-11-4-5-12-13(8-11)22(35)31(21(12)34)16-6-7-19(32)29-20(16)33/h4-5,8-10,16H,6-7H2,1-3H3,(H2,27,30,36)(H,29,32,33). The Kier molecular flexibility index (Phi) is 6.10. The van der Waals surface area contributed by atoms with Crippen molar-refractivity contribution in [1.82, 2.24) is 20.5 Å². The molecule has 3 heterocycles. The van der Waals surface area contributed by atoms with E-state index in [-0.39, 0.29) is 35.4 Å². The summed E-state index contributed by atoms with van der Waals surface area (Å²) in [6.07, 6.45) is 0.0631. The molecule has 0 saturated carbocycles. The van der Waals surface area contributed by atoms with Crippen LogP contribution in [0.4, 0.5) is 14.9 Å². The summed E-state index contributed by atoms with van der Waals surface area (Å²) in [6, 6.07) is 5.36. The summed E-state index contributed by atoms with van der Waals surface area (Å²) in [4.78, 5) is 67.7. The minimum absolute atomic E-state index is 0.0176. The maximum Gasteiger partial charge on any atom is 0.319 e. The first kappa shape index (κ1) is 25.3. The molecule has 5 rings (SSSR count). The zero-order chi connectivity index (χ0) is 27.4. The van der Waals surface area contributed by atoms with Crippen LogP contribution < -0.4 is 20.7 Å². The molecule has 2 aromatic carbocycles. The molecule has 0 spiro atoms. The first-order valence-corrected chi connectivity index (χ1v) is 12.4. The molecular formula is C25H22FN5O6S. The molecular weight excluding hydrogens is 517 g/mol. The summed E-state index contributed by atoms with van der Waals surface area (Å²) in [7, 11) is 1.37. The monoisotopic (exact) mass is 539 g/mol. The largest absolute Gasteiger partial charge is 0.494 e. The van der Waals surface area contributed by atoms with Crippen LogP contribution in [0, 0.1) is 5.82 Å². The van der Waals surface area contributed by atoms with Crippen molar-refractivity contribution >= 4 is 56.9 Å². The lowest BCUT2D eigenvalue weighted by atomic mass is 10.0. The summed E-state index contributed by atoms with van der Waals surface area (Å²) in [5, 5.41) is 8.13. The van der Waals surface area contributed by atoms with Gasteiger partial charge in [-0.2, -0.15) is 0 Å². The Morgan fingerprint density at radius 3 is 2.61 bits per heavy atom. The molecule has 0 aliphatic carbocycles. The normalized spacial score (nSPS) is 17.5. The smallest absolute Gasteiger partial charge is 0.319 e. The van der Waals surface area contributed by atoms with E-state index >= 15 is 0 Å². The number of piperidine rings is 1. The number of aromatic nitrogens is 1. The molecule has 3 aromatic rings. The number of fused-ring (bicyclic) bond motifs is 2. The number of nitrogens with one attached hydrogen (secondary N) is 3. The predicted molar refractivity (Wildman–Crippen MR) is 134 cm³/mol.